The molecule has 0 aliphatic rings. The fraction of sp³-hybridized carbons (Fsp3) is 0.0345. The number of pyridine rings is 2. The second-order valence-corrected chi connectivity index (χ2v) is 15.0. The van der Waals surface area contributed by atoms with Gasteiger partial charge in [0.05, 0.1) is 17.1 Å². The van der Waals surface area contributed by atoms with Gasteiger partial charge in [0.15, 0.2) is 0 Å². The number of hydrogen-bond donors (Lipinski definition) is 0. The largest absolute Gasteiger partial charge is 0.256 e. The van der Waals surface area contributed by atoms with E-state index in [9.17, 15) is 0 Å². The first-order valence-corrected chi connectivity index (χ1v) is 20.8. The second-order valence-electron chi connectivity index (χ2n) is 15.0. The Kier molecular flexibility index (Phi) is 9.73. The molecule has 0 radical (unpaired) electrons. The van der Waals surface area contributed by atoms with Crippen LogP contribution in [0.4, 0.5) is 0 Å². The van der Waals surface area contributed by atoms with Gasteiger partial charge in [-0.25, -0.2) is 4.98 Å². The van der Waals surface area contributed by atoms with Gasteiger partial charge in [-0.05, 0) is 119 Å². The highest BCUT2D eigenvalue weighted by atomic mass is 14.7. The number of hydrogen-bond acceptors (Lipinski definition) is 2. The van der Waals surface area contributed by atoms with Crippen LogP contribution in [0.2, 0.25) is 0 Å². The summed E-state index contributed by atoms with van der Waals surface area (Å²) in [5.74, 6) is 0. The summed E-state index contributed by atoms with van der Waals surface area (Å²) in [6.07, 6.45) is 1.83. The van der Waals surface area contributed by atoms with Crippen LogP contribution in [-0.2, 0) is 0 Å². The molecular weight excluding hydrogens is 725 g/mol. The van der Waals surface area contributed by atoms with Crippen molar-refractivity contribution in [1.29, 1.82) is 0 Å². The number of aromatic nitrogens is 2. The van der Waals surface area contributed by atoms with Gasteiger partial charge >= 0.3 is 0 Å². The first-order chi connectivity index (χ1) is 29.7. The molecule has 2 heterocycles. The van der Waals surface area contributed by atoms with E-state index in [1.165, 1.54) is 70.9 Å². The maximum atomic E-state index is 5.10. The third-order valence-corrected chi connectivity index (χ3v) is 11.5. The van der Waals surface area contributed by atoms with E-state index < -0.39 is 0 Å². The first kappa shape index (κ1) is 36.6. The minimum absolute atomic E-state index is 0.944. The summed E-state index contributed by atoms with van der Waals surface area (Å²) in [6.45, 7) is 4.00. The van der Waals surface area contributed by atoms with Gasteiger partial charge in [-0.1, -0.05) is 184 Å². The molecule has 0 spiro atoms. The van der Waals surface area contributed by atoms with E-state index in [1.807, 2.05) is 38.2 Å². The Morgan fingerprint density at radius 3 is 1.23 bits per heavy atom. The topological polar surface area (TPSA) is 25.8 Å². The van der Waals surface area contributed by atoms with E-state index in [4.69, 9.17) is 4.98 Å². The van der Waals surface area contributed by atoms with Crippen molar-refractivity contribution in [2.75, 3.05) is 0 Å². The number of nitrogens with zero attached hydrogens (tertiary/aromatic N) is 2. The van der Waals surface area contributed by atoms with E-state index in [2.05, 4.69) is 199 Å². The lowest BCUT2D eigenvalue weighted by atomic mass is 9.84. The van der Waals surface area contributed by atoms with Crippen LogP contribution in [0.5, 0.6) is 0 Å². The van der Waals surface area contributed by atoms with Crippen LogP contribution in [0.1, 0.15) is 13.8 Å². The van der Waals surface area contributed by atoms with Gasteiger partial charge in [0, 0.05) is 22.9 Å². The highest BCUT2D eigenvalue weighted by Gasteiger charge is 2.18. The van der Waals surface area contributed by atoms with Gasteiger partial charge in [-0.2, -0.15) is 0 Å². The van der Waals surface area contributed by atoms with Gasteiger partial charge in [-0.3, -0.25) is 4.98 Å². The van der Waals surface area contributed by atoms with Crippen molar-refractivity contribution in [3.8, 4) is 67.2 Å². The lowest BCUT2D eigenvalue weighted by Crippen LogP contribution is -1.92. The van der Waals surface area contributed by atoms with E-state index in [0.717, 1.165) is 39.3 Å². The molecular formula is C58H42N2. The summed E-state index contributed by atoms with van der Waals surface area (Å²) < 4.78 is 0. The lowest BCUT2D eigenvalue weighted by Gasteiger charge is -2.19. The Labute approximate surface area is 351 Å². The quantitative estimate of drug-likeness (QED) is 0.158. The van der Waals surface area contributed by atoms with Crippen LogP contribution in [0.15, 0.2) is 219 Å². The van der Waals surface area contributed by atoms with Gasteiger partial charge < -0.3 is 0 Å². The molecule has 2 aromatic heterocycles. The van der Waals surface area contributed by atoms with E-state index >= 15 is 0 Å². The smallest absolute Gasteiger partial charge is 0.0709 e. The fourth-order valence-corrected chi connectivity index (χ4v) is 8.60. The maximum Gasteiger partial charge on any atom is 0.0709 e. The van der Waals surface area contributed by atoms with Crippen molar-refractivity contribution in [2.45, 2.75) is 13.8 Å². The number of rotatable bonds is 6. The monoisotopic (exact) mass is 766 g/mol. The van der Waals surface area contributed by atoms with Gasteiger partial charge in [-0.15, -0.1) is 0 Å². The minimum Gasteiger partial charge on any atom is -0.256 e. The van der Waals surface area contributed by atoms with Crippen molar-refractivity contribution in [3.05, 3.63) is 219 Å². The number of fused-ring (bicyclic) bond motifs is 4. The van der Waals surface area contributed by atoms with Crippen molar-refractivity contribution < 1.29 is 0 Å². The molecule has 0 atom stereocenters. The average Bonchev–Trinajstić information content (AvgIpc) is 3.34. The zero-order chi connectivity index (χ0) is 40.4. The third kappa shape index (κ3) is 6.78. The molecule has 11 aromatic rings. The molecule has 0 aliphatic carbocycles. The molecule has 60 heavy (non-hydrogen) atoms. The van der Waals surface area contributed by atoms with Gasteiger partial charge in [0.2, 0.25) is 0 Å². The molecule has 0 N–H and O–H groups in total. The summed E-state index contributed by atoms with van der Waals surface area (Å²) in [5.41, 5.74) is 13.4. The van der Waals surface area contributed by atoms with Crippen LogP contribution < -0.4 is 0 Å². The first-order valence-electron chi connectivity index (χ1n) is 20.8. The van der Waals surface area contributed by atoms with E-state index in [1.54, 1.807) is 0 Å². The predicted octanol–water partition coefficient (Wildman–Crippen LogP) is 16.1. The second kappa shape index (κ2) is 15.9. The van der Waals surface area contributed by atoms with E-state index in [-0.39, 0.29) is 0 Å². The SMILES string of the molecule is CC.c1ccc(-c2ccc(-c3cccc(-c4ccc(-c5ccc6c(-c7ccc8ccccc8c7)c7ccccc7c(-c7ccc8ccccc8c7)c6c5)cc4)n3)cc2)nc1. The van der Waals surface area contributed by atoms with Crippen LogP contribution in [0.25, 0.3) is 110 Å². The molecule has 0 unspecified atom stereocenters. The Balaban J connectivity index is 0.00000213. The van der Waals surface area contributed by atoms with Crippen molar-refractivity contribution in [3.63, 3.8) is 0 Å². The molecule has 0 aliphatic heterocycles. The number of benzene rings is 9. The summed E-state index contributed by atoms with van der Waals surface area (Å²) in [7, 11) is 0. The summed E-state index contributed by atoms with van der Waals surface area (Å²) in [6, 6.07) is 76.6. The molecule has 2 heteroatoms. The molecule has 11 rings (SSSR count). The third-order valence-electron chi connectivity index (χ3n) is 11.5. The zero-order valence-electron chi connectivity index (χ0n) is 33.7. The molecule has 2 nitrogen and oxygen atoms in total. The standard InChI is InChI=1S/C56H36N2.C2H6/c1-3-12-43-34-46(29-21-37(43)10-1)55-48-14-5-6-15-49(48)56(47-30-22-38-11-2-4-13-44(38)35-47)51-36-45(31-32-50(51)55)39-19-23-41(24-20-39)53-17-9-18-54(58-53)42-27-25-40(26-28-42)52-16-7-8-33-57-52;1-2/h1-36H;1-2H3. The predicted molar refractivity (Wildman–Crippen MR) is 256 cm³/mol. The van der Waals surface area contributed by atoms with Crippen molar-refractivity contribution in [2.24, 2.45) is 0 Å². The zero-order valence-corrected chi connectivity index (χ0v) is 33.7. The Morgan fingerprint density at radius 2 is 0.683 bits per heavy atom. The molecule has 9 aromatic carbocycles. The molecule has 0 fully saturated rings. The molecule has 0 saturated carbocycles. The lowest BCUT2D eigenvalue weighted by molar-refractivity contribution is 1.31. The molecule has 284 valence electrons. The highest BCUT2D eigenvalue weighted by molar-refractivity contribution is 6.22. The van der Waals surface area contributed by atoms with Crippen molar-refractivity contribution >= 4 is 43.1 Å². The van der Waals surface area contributed by atoms with E-state index in [0.29, 0.717) is 0 Å². The van der Waals surface area contributed by atoms with Crippen LogP contribution in [0, 0.1) is 0 Å². The Morgan fingerprint density at radius 1 is 0.267 bits per heavy atom. The summed E-state index contributed by atoms with van der Waals surface area (Å²) in [4.78, 5) is 9.60. The normalized spacial score (nSPS) is 11.2. The Hall–Kier alpha value is -7.68. The minimum atomic E-state index is 0.944. The Bertz CT molecular complexity index is 3310. The maximum absolute atomic E-state index is 5.10. The van der Waals surface area contributed by atoms with Crippen LogP contribution >= 0.6 is 0 Å². The highest BCUT2D eigenvalue weighted by Crippen LogP contribution is 2.46. The van der Waals surface area contributed by atoms with Crippen LogP contribution in [-0.4, -0.2) is 9.97 Å². The summed E-state index contributed by atoms with van der Waals surface area (Å²) in [5, 5.41) is 9.95. The summed E-state index contributed by atoms with van der Waals surface area (Å²) >= 11 is 0. The van der Waals surface area contributed by atoms with Gasteiger partial charge in [0.1, 0.15) is 0 Å². The average molecular weight is 767 g/mol. The molecule has 0 saturated heterocycles. The van der Waals surface area contributed by atoms with Crippen LogP contribution in [0.3, 0.4) is 0 Å². The van der Waals surface area contributed by atoms with Crippen molar-refractivity contribution in [1.82, 2.24) is 9.97 Å². The molecule has 0 amide bonds. The fourth-order valence-electron chi connectivity index (χ4n) is 8.60. The molecule has 0 bridgehead atoms. The van der Waals surface area contributed by atoms with Gasteiger partial charge in [0.25, 0.3) is 0 Å².